The van der Waals surface area contributed by atoms with Crippen LogP contribution < -0.4 is 15.6 Å². The van der Waals surface area contributed by atoms with Gasteiger partial charge in [-0.15, -0.1) is 0 Å². The van der Waals surface area contributed by atoms with Gasteiger partial charge in [0.05, 0.1) is 11.9 Å². The maximum Gasteiger partial charge on any atom is 0.432 e. The van der Waals surface area contributed by atoms with Crippen LogP contribution in [-0.2, 0) is 11.0 Å². The molecule has 120 valence electrons. The Balaban J connectivity index is 2.11. The summed E-state index contributed by atoms with van der Waals surface area (Å²) in [6.45, 7) is -0.287. The summed E-state index contributed by atoms with van der Waals surface area (Å²) in [7, 11) is 0. The number of carbonyl (C=O) groups excluding carboxylic acids is 1. The minimum Gasteiger partial charge on any atom is -0.481 e. The molecule has 0 radical (unpaired) electrons. The van der Waals surface area contributed by atoms with E-state index in [2.05, 4.69) is 10.3 Å². The van der Waals surface area contributed by atoms with Crippen LogP contribution in [0.25, 0.3) is 11.3 Å². The minimum absolute atomic E-state index is 0.0502. The summed E-state index contributed by atoms with van der Waals surface area (Å²) < 4.78 is 56.6. The maximum absolute atomic E-state index is 14.1. The summed E-state index contributed by atoms with van der Waals surface area (Å²) in [4.78, 5) is 28.0. The molecule has 6 nitrogen and oxygen atoms in total. The summed E-state index contributed by atoms with van der Waals surface area (Å²) in [5.41, 5.74) is -3.36. The lowest BCUT2D eigenvalue weighted by Gasteiger charge is -2.18. The van der Waals surface area contributed by atoms with Gasteiger partial charge in [-0.3, -0.25) is 9.59 Å². The number of anilines is 1. The average molecular weight is 329 g/mol. The average Bonchev–Trinajstić information content (AvgIpc) is 2.46. The number of nitrogens with zero attached hydrogens (tertiary/aromatic N) is 1. The first kappa shape index (κ1) is 15.0. The summed E-state index contributed by atoms with van der Waals surface area (Å²) >= 11 is 0. The highest BCUT2D eigenvalue weighted by molar-refractivity contribution is 5.96. The fraction of sp³-hybridized carbons (Fsp3) is 0.154. The first-order valence-electron chi connectivity index (χ1n) is 6.19. The van der Waals surface area contributed by atoms with Crippen LogP contribution in [0.2, 0.25) is 0 Å². The van der Waals surface area contributed by atoms with E-state index in [9.17, 15) is 27.2 Å². The van der Waals surface area contributed by atoms with Crippen molar-refractivity contribution >= 4 is 11.6 Å². The van der Waals surface area contributed by atoms with E-state index in [4.69, 9.17) is 4.74 Å². The molecule has 2 N–H and O–H groups in total. The number of amides is 1. The predicted molar refractivity (Wildman–Crippen MR) is 69.4 cm³/mol. The molecule has 0 saturated heterocycles. The molecule has 1 aromatic carbocycles. The topological polar surface area (TPSA) is 84.1 Å². The quantitative estimate of drug-likeness (QED) is 0.783. The van der Waals surface area contributed by atoms with Gasteiger partial charge in [0.1, 0.15) is 23.0 Å². The van der Waals surface area contributed by atoms with Crippen molar-refractivity contribution in [2.45, 2.75) is 6.18 Å². The fourth-order valence-electron chi connectivity index (χ4n) is 2.02. The van der Waals surface area contributed by atoms with E-state index in [0.717, 1.165) is 12.1 Å². The number of hydrogen-bond donors (Lipinski definition) is 2. The Morgan fingerprint density at radius 2 is 1.96 bits per heavy atom. The predicted octanol–water partition coefficient (Wildman–Crippen LogP) is 1.93. The van der Waals surface area contributed by atoms with Crippen LogP contribution >= 0.6 is 0 Å². The summed E-state index contributed by atoms with van der Waals surface area (Å²) in [6.07, 6.45) is -4.38. The van der Waals surface area contributed by atoms with Crippen LogP contribution in [0.3, 0.4) is 0 Å². The molecule has 3 rings (SSSR count). The largest absolute Gasteiger partial charge is 0.481 e. The van der Waals surface area contributed by atoms with Crippen LogP contribution in [0.1, 0.15) is 5.69 Å². The Labute approximate surface area is 125 Å². The molecule has 0 unspecified atom stereocenters. The van der Waals surface area contributed by atoms with Gasteiger partial charge < -0.3 is 15.0 Å². The third-order valence-corrected chi connectivity index (χ3v) is 3.05. The molecule has 2 aromatic rings. The zero-order chi connectivity index (χ0) is 16.8. The number of hydrogen-bond acceptors (Lipinski definition) is 4. The van der Waals surface area contributed by atoms with Crippen molar-refractivity contribution in [3.8, 4) is 17.0 Å². The van der Waals surface area contributed by atoms with Crippen molar-refractivity contribution in [1.82, 2.24) is 9.97 Å². The number of H-pyrrole nitrogens is 1. The van der Waals surface area contributed by atoms with Crippen LogP contribution in [-0.4, -0.2) is 22.5 Å². The third-order valence-electron chi connectivity index (χ3n) is 3.05. The Kier molecular flexibility index (Phi) is 3.31. The number of benzene rings is 1. The van der Waals surface area contributed by atoms with Crippen LogP contribution in [0.15, 0.2) is 23.1 Å². The standard InChI is InChI=1S/C13H7F4N3O3/c14-6-2-8-7(19-10(21)4-23-8)1-5(6)11-12(22)20-9(3-18-11)13(15,16)17/h1-3H,4H2,(H,19,21)(H,20,22). The monoisotopic (exact) mass is 329 g/mol. The number of alkyl halides is 3. The van der Waals surface area contributed by atoms with Gasteiger partial charge in [-0.25, -0.2) is 9.37 Å². The highest BCUT2D eigenvalue weighted by atomic mass is 19.4. The summed E-state index contributed by atoms with van der Waals surface area (Å²) in [5, 5.41) is 2.40. The van der Waals surface area contributed by atoms with Crippen molar-refractivity contribution in [2.24, 2.45) is 0 Å². The van der Waals surface area contributed by atoms with E-state index >= 15 is 0 Å². The van der Waals surface area contributed by atoms with Crippen LogP contribution in [0, 0.1) is 5.82 Å². The minimum atomic E-state index is -4.78. The second kappa shape index (κ2) is 5.07. The van der Waals surface area contributed by atoms with Crippen molar-refractivity contribution in [3.63, 3.8) is 0 Å². The number of carbonyl (C=O) groups is 1. The van der Waals surface area contributed by atoms with Crippen LogP contribution in [0.5, 0.6) is 5.75 Å². The van der Waals surface area contributed by atoms with Crippen molar-refractivity contribution in [2.75, 3.05) is 11.9 Å². The number of halogens is 4. The highest BCUT2D eigenvalue weighted by Gasteiger charge is 2.33. The van der Waals surface area contributed by atoms with Gasteiger partial charge in [-0.2, -0.15) is 13.2 Å². The van der Waals surface area contributed by atoms with E-state index in [-0.39, 0.29) is 23.6 Å². The lowest BCUT2D eigenvalue weighted by Crippen LogP contribution is -2.25. The Morgan fingerprint density at radius 3 is 2.61 bits per heavy atom. The lowest BCUT2D eigenvalue weighted by atomic mass is 10.1. The number of nitrogens with one attached hydrogen (secondary N) is 2. The smallest absolute Gasteiger partial charge is 0.432 e. The first-order chi connectivity index (χ1) is 10.8. The molecule has 0 bridgehead atoms. The summed E-state index contributed by atoms with van der Waals surface area (Å²) in [5.74, 6) is -1.35. The second-order valence-electron chi connectivity index (χ2n) is 4.64. The van der Waals surface area contributed by atoms with E-state index in [0.29, 0.717) is 6.20 Å². The Bertz CT molecular complexity index is 861. The number of ether oxygens (including phenoxy) is 1. The number of rotatable bonds is 1. The zero-order valence-corrected chi connectivity index (χ0v) is 11.1. The molecule has 1 aliphatic heterocycles. The molecule has 23 heavy (non-hydrogen) atoms. The molecule has 1 aliphatic rings. The van der Waals surface area contributed by atoms with E-state index in [1.54, 1.807) is 4.98 Å². The van der Waals surface area contributed by atoms with Gasteiger partial charge >= 0.3 is 6.18 Å². The van der Waals surface area contributed by atoms with E-state index in [1.807, 2.05) is 0 Å². The molecular formula is C13H7F4N3O3. The second-order valence-corrected chi connectivity index (χ2v) is 4.64. The normalized spacial score (nSPS) is 14.0. The summed E-state index contributed by atoms with van der Waals surface area (Å²) in [6, 6.07) is 2.00. The SMILES string of the molecule is O=C1COc2cc(F)c(-c3ncc(C(F)(F)F)[nH]c3=O)cc2N1. The molecule has 0 aliphatic carbocycles. The first-order valence-corrected chi connectivity index (χ1v) is 6.19. The van der Waals surface area contributed by atoms with E-state index < -0.39 is 34.8 Å². The van der Waals surface area contributed by atoms with Gasteiger partial charge in [-0.05, 0) is 6.07 Å². The molecule has 1 aromatic heterocycles. The molecule has 0 spiro atoms. The van der Waals surface area contributed by atoms with Gasteiger partial charge in [0, 0.05) is 11.6 Å². The molecule has 0 saturated carbocycles. The maximum atomic E-state index is 14.1. The van der Waals surface area contributed by atoms with Crippen molar-refractivity contribution < 1.29 is 27.1 Å². The molecule has 0 fully saturated rings. The zero-order valence-electron chi connectivity index (χ0n) is 11.1. The molecule has 10 heteroatoms. The Hall–Kier alpha value is -2.91. The Morgan fingerprint density at radius 1 is 1.22 bits per heavy atom. The van der Waals surface area contributed by atoms with Crippen molar-refractivity contribution in [3.05, 3.63) is 40.2 Å². The molecule has 2 heterocycles. The van der Waals surface area contributed by atoms with Gasteiger partial charge in [0.2, 0.25) is 0 Å². The number of aromatic amines is 1. The lowest BCUT2D eigenvalue weighted by molar-refractivity contribution is -0.141. The molecule has 0 atom stereocenters. The highest BCUT2D eigenvalue weighted by Crippen LogP contribution is 2.34. The number of fused-ring (bicyclic) bond motifs is 1. The van der Waals surface area contributed by atoms with Crippen LogP contribution in [0.4, 0.5) is 23.2 Å². The molecule has 1 amide bonds. The fourth-order valence-corrected chi connectivity index (χ4v) is 2.02. The van der Waals surface area contributed by atoms with E-state index in [1.165, 1.54) is 0 Å². The number of aromatic nitrogens is 2. The van der Waals surface area contributed by atoms with Gasteiger partial charge in [0.25, 0.3) is 11.5 Å². The third kappa shape index (κ3) is 2.74. The van der Waals surface area contributed by atoms with Crippen molar-refractivity contribution in [1.29, 1.82) is 0 Å². The van der Waals surface area contributed by atoms with Gasteiger partial charge in [-0.1, -0.05) is 0 Å². The van der Waals surface area contributed by atoms with Gasteiger partial charge in [0.15, 0.2) is 6.61 Å². The molecular weight excluding hydrogens is 322 g/mol.